The van der Waals surface area contributed by atoms with E-state index in [4.69, 9.17) is 4.74 Å². The van der Waals surface area contributed by atoms with Crippen molar-refractivity contribution in [3.8, 4) is 16.3 Å². The molecule has 0 aliphatic carbocycles. The Kier molecular flexibility index (Phi) is 5.46. The smallest absolute Gasteiger partial charge is 0.416 e. The third kappa shape index (κ3) is 4.65. The Morgan fingerprint density at radius 2 is 1.78 bits per heavy atom. The van der Waals surface area contributed by atoms with E-state index in [2.05, 4.69) is 10.3 Å². The average Bonchev–Trinajstić information content (AvgIpc) is 3.13. The summed E-state index contributed by atoms with van der Waals surface area (Å²) >= 11 is 1.31. The molecule has 4 nitrogen and oxygen atoms in total. The number of nitrogens with zero attached hydrogens (tertiary/aromatic N) is 1. The van der Waals surface area contributed by atoms with E-state index in [1.54, 1.807) is 5.38 Å². The van der Waals surface area contributed by atoms with Gasteiger partial charge in [-0.3, -0.25) is 4.79 Å². The molecule has 0 aliphatic heterocycles. The van der Waals surface area contributed by atoms with Gasteiger partial charge in [-0.05, 0) is 55.5 Å². The van der Waals surface area contributed by atoms with Gasteiger partial charge < -0.3 is 10.1 Å². The Balaban J connectivity index is 1.69. The number of amides is 1. The van der Waals surface area contributed by atoms with E-state index in [0.717, 1.165) is 23.4 Å². The third-order valence-corrected chi connectivity index (χ3v) is 4.51. The van der Waals surface area contributed by atoms with Crippen molar-refractivity contribution in [1.29, 1.82) is 0 Å². The lowest BCUT2D eigenvalue weighted by atomic mass is 10.2. The molecule has 0 bridgehead atoms. The van der Waals surface area contributed by atoms with Crippen LogP contribution in [0.15, 0.2) is 53.9 Å². The van der Waals surface area contributed by atoms with Crippen LogP contribution < -0.4 is 10.1 Å². The van der Waals surface area contributed by atoms with E-state index >= 15 is 0 Å². The van der Waals surface area contributed by atoms with Gasteiger partial charge >= 0.3 is 6.18 Å². The largest absolute Gasteiger partial charge is 0.494 e. The number of carbonyl (C=O) groups excluding carboxylic acids is 1. The van der Waals surface area contributed by atoms with Gasteiger partial charge in [-0.1, -0.05) is 0 Å². The predicted molar refractivity (Wildman–Crippen MR) is 98.1 cm³/mol. The second kappa shape index (κ2) is 7.79. The lowest BCUT2D eigenvalue weighted by Gasteiger charge is -2.08. The Hall–Kier alpha value is -2.87. The number of rotatable bonds is 5. The zero-order valence-corrected chi connectivity index (χ0v) is 15.0. The van der Waals surface area contributed by atoms with Crippen molar-refractivity contribution in [2.45, 2.75) is 13.1 Å². The highest BCUT2D eigenvalue weighted by molar-refractivity contribution is 7.13. The first-order chi connectivity index (χ1) is 12.9. The summed E-state index contributed by atoms with van der Waals surface area (Å²) in [5, 5.41) is 4.81. The number of carbonyl (C=O) groups is 1. The summed E-state index contributed by atoms with van der Waals surface area (Å²) in [6, 6.07) is 11.6. The molecule has 3 rings (SSSR count). The van der Waals surface area contributed by atoms with E-state index < -0.39 is 17.6 Å². The van der Waals surface area contributed by atoms with Crippen LogP contribution in [0.4, 0.5) is 18.9 Å². The van der Waals surface area contributed by atoms with E-state index in [1.807, 2.05) is 31.2 Å². The molecule has 3 aromatic rings. The van der Waals surface area contributed by atoms with Crippen molar-refractivity contribution in [2.75, 3.05) is 11.9 Å². The highest BCUT2D eigenvalue weighted by Crippen LogP contribution is 2.30. The van der Waals surface area contributed by atoms with Crippen LogP contribution in [0.2, 0.25) is 0 Å². The van der Waals surface area contributed by atoms with Gasteiger partial charge in [0.1, 0.15) is 16.5 Å². The van der Waals surface area contributed by atoms with Gasteiger partial charge in [0.15, 0.2) is 0 Å². The second-order valence-electron chi connectivity index (χ2n) is 5.52. The molecule has 0 saturated carbocycles. The molecule has 27 heavy (non-hydrogen) atoms. The standard InChI is InChI=1S/C19H15F3N2O2S/c1-2-26-15-9-3-12(4-10-15)18-24-16(11-27-18)17(25)23-14-7-5-13(6-8-14)19(20,21)22/h3-11H,2H2,1H3,(H,23,25). The molecule has 0 atom stereocenters. The van der Waals surface area contributed by atoms with E-state index in [-0.39, 0.29) is 11.4 Å². The molecule has 0 unspecified atom stereocenters. The van der Waals surface area contributed by atoms with Crippen molar-refractivity contribution in [2.24, 2.45) is 0 Å². The SMILES string of the molecule is CCOc1ccc(-c2nc(C(=O)Nc3ccc(C(F)(F)F)cc3)cs2)cc1. The molecule has 8 heteroatoms. The molecular formula is C19H15F3N2O2S. The second-order valence-corrected chi connectivity index (χ2v) is 6.38. The van der Waals surface area contributed by atoms with Crippen LogP contribution in [-0.4, -0.2) is 17.5 Å². The van der Waals surface area contributed by atoms with E-state index in [0.29, 0.717) is 11.6 Å². The van der Waals surface area contributed by atoms with Gasteiger partial charge in [0, 0.05) is 16.6 Å². The molecule has 140 valence electrons. The number of aromatic nitrogens is 1. The van der Waals surface area contributed by atoms with Crippen LogP contribution in [0.5, 0.6) is 5.75 Å². The lowest BCUT2D eigenvalue weighted by Crippen LogP contribution is -2.12. The number of ether oxygens (including phenoxy) is 1. The summed E-state index contributed by atoms with van der Waals surface area (Å²) in [6.45, 7) is 2.47. The number of nitrogens with one attached hydrogen (secondary N) is 1. The molecule has 0 aliphatic rings. The van der Waals surface area contributed by atoms with E-state index in [1.165, 1.54) is 23.5 Å². The third-order valence-electron chi connectivity index (χ3n) is 3.62. The number of hydrogen-bond acceptors (Lipinski definition) is 4. The summed E-state index contributed by atoms with van der Waals surface area (Å²) in [5.41, 5.74) is 0.538. The number of halogens is 3. The summed E-state index contributed by atoms with van der Waals surface area (Å²) in [6.07, 6.45) is -4.41. The van der Waals surface area contributed by atoms with Gasteiger partial charge in [-0.25, -0.2) is 4.98 Å². The minimum absolute atomic E-state index is 0.198. The molecule has 1 N–H and O–H groups in total. The predicted octanol–water partition coefficient (Wildman–Crippen LogP) is 5.48. The van der Waals surface area contributed by atoms with Crippen LogP contribution in [0.3, 0.4) is 0 Å². The summed E-state index contributed by atoms with van der Waals surface area (Å²) in [4.78, 5) is 16.6. The van der Waals surface area contributed by atoms with Crippen LogP contribution in [0.1, 0.15) is 23.0 Å². The van der Waals surface area contributed by atoms with Crippen LogP contribution in [0, 0.1) is 0 Å². The summed E-state index contributed by atoms with van der Waals surface area (Å²) in [5.74, 6) is 0.265. The number of anilines is 1. The Morgan fingerprint density at radius 1 is 1.11 bits per heavy atom. The van der Waals surface area contributed by atoms with Crippen molar-refractivity contribution < 1.29 is 22.7 Å². The maximum Gasteiger partial charge on any atom is 0.416 e. The number of benzene rings is 2. The minimum Gasteiger partial charge on any atom is -0.494 e. The average molecular weight is 392 g/mol. The molecule has 2 aromatic carbocycles. The first-order valence-electron chi connectivity index (χ1n) is 8.04. The van der Waals surface area contributed by atoms with Crippen molar-refractivity contribution >= 4 is 22.9 Å². The van der Waals surface area contributed by atoms with Gasteiger partial charge in [-0.15, -0.1) is 11.3 Å². The lowest BCUT2D eigenvalue weighted by molar-refractivity contribution is -0.137. The summed E-state index contributed by atoms with van der Waals surface area (Å²) in [7, 11) is 0. The fourth-order valence-electron chi connectivity index (χ4n) is 2.31. The van der Waals surface area contributed by atoms with Crippen LogP contribution >= 0.6 is 11.3 Å². The minimum atomic E-state index is -4.41. The highest BCUT2D eigenvalue weighted by atomic mass is 32.1. The monoisotopic (exact) mass is 392 g/mol. The normalized spacial score (nSPS) is 11.3. The van der Waals surface area contributed by atoms with E-state index in [9.17, 15) is 18.0 Å². The number of thiazole rings is 1. The molecule has 1 aromatic heterocycles. The molecule has 1 heterocycles. The molecular weight excluding hydrogens is 377 g/mol. The Labute approximate surface area is 157 Å². The Morgan fingerprint density at radius 3 is 2.37 bits per heavy atom. The number of hydrogen-bond donors (Lipinski definition) is 1. The topological polar surface area (TPSA) is 51.2 Å². The fraction of sp³-hybridized carbons (Fsp3) is 0.158. The van der Waals surface area contributed by atoms with Crippen molar-refractivity contribution in [1.82, 2.24) is 4.98 Å². The van der Waals surface area contributed by atoms with Crippen molar-refractivity contribution in [3.63, 3.8) is 0 Å². The first-order valence-corrected chi connectivity index (χ1v) is 8.92. The molecule has 0 fully saturated rings. The molecule has 0 spiro atoms. The van der Waals surface area contributed by atoms with Gasteiger partial charge in [0.2, 0.25) is 0 Å². The summed E-state index contributed by atoms with van der Waals surface area (Å²) < 4.78 is 43.1. The highest BCUT2D eigenvalue weighted by Gasteiger charge is 2.30. The van der Waals surface area contributed by atoms with Gasteiger partial charge in [-0.2, -0.15) is 13.2 Å². The number of alkyl halides is 3. The Bertz CT molecular complexity index is 919. The fourth-order valence-corrected chi connectivity index (χ4v) is 3.11. The van der Waals surface area contributed by atoms with Crippen LogP contribution in [0.25, 0.3) is 10.6 Å². The zero-order chi connectivity index (χ0) is 19.4. The molecule has 1 amide bonds. The zero-order valence-electron chi connectivity index (χ0n) is 14.2. The van der Waals surface area contributed by atoms with Gasteiger partial charge in [0.25, 0.3) is 5.91 Å². The van der Waals surface area contributed by atoms with Gasteiger partial charge in [0.05, 0.1) is 12.2 Å². The maximum atomic E-state index is 12.6. The molecule has 0 radical (unpaired) electrons. The maximum absolute atomic E-state index is 12.6. The van der Waals surface area contributed by atoms with Crippen LogP contribution in [-0.2, 0) is 6.18 Å². The molecule has 0 saturated heterocycles. The quantitative estimate of drug-likeness (QED) is 0.626. The van der Waals surface area contributed by atoms with Crippen molar-refractivity contribution in [3.05, 3.63) is 65.2 Å². The first kappa shape index (κ1) is 18.9.